The van der Waals surface area contributed by atoms with Crippen molar-refractivity contribution in [2.75, 3.05) is 19.0 Å². The van der Waals surface area contributed by atoms with E-state index >= 15 is 0 Å². The van der Waals surface area contributed by atoms with Gasteiger partial charge in [0.1, 0.15) is 30.2 Å². The molecule has 0 spiro atoms. The van der Waals surface area contributed by atoms with Crippen LogP contribution in [0.3, 0.4) is 0 Å². The SMILES string of the molecule is CC(C)C[C@H](NC(=O)[C@H](CO)NC(=O)[C@H](CS)NC(=O)[C@H](CO)NC(=O)[C@@H](NC(=O)[C@@H](N)CC(C)C)C(C)C)C(=O)O. The van der Waals surface area contributed by atoms with Gasteiger partial charge in [-0.05, 0) is 30.6 Å². The normalized spacial score (nSPS) is 15.6. The predicted octanol–water partition coefficient (Wildman–Crippen LogP) is -2.52. The maximum atomic E-state index is 12.9. The number of carbonyl (C=O) groups is 6. The topological polar surface area (TPSA) is 249 Å². The van der Waals surface area contributed by atoms with E-state index in [0.29, 0.717) is 6.42 Å². The van der Waals surface area contributed by atoms with Crippen LogP contribution in [0.4, 0.5) is 0 Å². The summed E-state index contributed by atoms with van der Waals surface area (Å²) in [5, 5.41) is 40.4. The molecule has 0 unspecified atom stereocenters. The molecule has 0 aromatic carbocycles. The number of amides is 5. The first-order valence-electron chi connectivity index (χ1n) is 13.8. The van der Waals surface area contributed by atoms with Gasteiger partial charge in [0.25, 0.3) is 0 Å². The Morgan fingerprint density at radius 2 is 1.02 bits per heavy atom. The summed E-state index contributed by atoms with van der Waals surface area (Å²) in [5.41, 5.74) is 5.90. The molecule has 0 fully saturated rings. The van der Waals surface area contributed by atoms with Crippen LogP contribution < -0.4 is 32.3 Å². The van der Waals surface area contributed by atoms with Crippen molar-refractivity contribution in [3.05, 3.63) is 0 Å². The monoisotopic (exact) mass is 620 g/mol. The molecule has 0 aliphatic carbocycles. The second-order valence-electron chi connectivity index (χ2n) is 11.2. The second kappa shape index (κ2) is 19.3. The third-order valence-corrected chi connectivity index (χ3v) is 6.44. The van der Waals surface area contributed by atoms with Crippen LogP contribution in [0.25, 0.3) is 0 Å². The molecule has 15 nitrogen and oxygen atoms in total. The van der Waals surface area contributed by atoms with Gasteiger partial charge in [0, 0.05) is 5.75 Å². The molecule has 10 N–H and O–H groups in total. The van der Waals surface area contributed by atoms with Crippen LogP contribution in [-0.2, 0) is 28.8 Å². The summed E-state index contributed by atoms with van der Waals surface area (Å²) in [6, 6.07) is -7.58. The van der Waals surface area contributed by atoms with Crippen LogP contribution in [-0.4, -0.2) is 106 Å². The average molecular weight is 621 g/mol. The van der Waals surface area contributed by atoms with Crippen molar-refractivity contribution in [1.82, 2.24) is 26.6 Å². The molecule has 0 aromatic rings. The largest absolute Gasteiger partial charge is 0.480 e. The molecule has 0 saturated carbocycles. The minimum atomic E-state index is -1.53. The highest BCUT2D eigenvalue weighted by Crippen LogP contribution is 2.08. The number of carboxylic acids is 1. The Morgan fingerprint density at radius 1 is 0.619 bits per heavy atom. The van der Waals surface area contributed by atoms with Gasteiger partial charge in [-0.3, -0.25) is 24.0 Å². The van der Waals surface area contributed by atoms with E-state index in [1.165, 1.54) is 0 Å². The lowest BCUT2D eigenvalue weighted by Gasteiger charge is -2.27. The average Bonchev–Trinajstić information content (AvgIpc) is 2.89. The van der Waals surface area contributed by atoms with Crippen LogP contribution in [0.1, 0.15) is 54.4 Å². The van der Waals surface area contributed by atoms with Crippen molar-refractivity contribution in [1.29, 1.82) is 0 Å². The van der Waals surface area contributed by atoms with Gasteiger partial charge < -0.3 is 47.6 Å². The molecule has 16 heteroatoms. The highest BCUT2D eigenvalue weighted by Gasteiger charge is 2.33. The highest BCUT2D eigenvalue weighted by molar-refractivity contribution is 7.80. The number of aliphatic hydroxyl groups is 2. The van der Waals surface area contributed by atoms with Gasteiger partial charge in [0.05, 0.1) is 19.3 Å². The molecule has 0 saturated heterocycles. The first-order chi connectivity index (χ1) is 19.5. The van der Waals surface area contributed by atoms with E-state index in [9.17, 15) is 44.1 Å². The summed E-state index contributed by atoms with van der Waals surface area (Å²) in [4.78, 5) is 75.0. The van der Waals surface area contributed by atoms with E-state index < -0.39 is 90.9 Å². The summed E-state index contributed by atoms with van der Waals surface area (Å²) >= 11 is 4.03. The minimum Gasteiger partial charge on any atom is -0.480 e. The summed E-state index contributed by atoms with van der Waals surface area (Å²) in [6.45, 7) is 8.94. The van der Waals surface area contributed by atoms with Crippen molar-refractivity contribution < 1.29 is 44.1 Å². The molecule has 0 heterocycles. The summed E-state index contributed by atoms with van der Waals surface area (Å²) in [5.74, 6) is -6.02. The number of aliphatic carboxylic acids is 1. The summed E-state index contributed by atoms with van der Waals surface area (Å²) in [6.07, 6.45) is 0.507. The lowest BCUT2D eigenvalue weighted by Crippen LogP contribution is -2.61. The molecule has 0 rings (SSSR count). The minimum absolute atomic E-state index is 0.0631. The van der Waals surface area contributed by atoms with Crippen molar-refractivity contribution in [2.45, 2.75) is 90.6 Å². The Balaban J connectivity index is 5.40. The van der Waals surface area contributed by atoms with E-state index in [2.05, 4.69) is 39.2 Å². The molecule has 6 atom stereocenters. The molecular formula is C26H48N6O9S. The van der Waals surface area contributed by atoms with E-state index in [4.69, 9.17) is 5.73 Å². The standard InChI is InChI=1S/C26H48N6O9S/c1-12(2)7-15(27)21(35)32-20(14(5)6)25(39)30-18(10-34)23(37)31-19(11-42)24(38)29-17(9-33)22(36)28-16(26(40)41)8-13(3)4/h12-20,33-34,42H,7-11,27H2,1-6H3,(H,28,36)(H,29,38)(H,30,39)(H,31,37)(H,32,35)(H,40,41)/t15-,16-,17-,18-,19-,20-/m0/s1. The fourth-order valence-electron chi connectivity index (χ4n) is 3.76. The van der Waals surface area contributed by atoms with Gasteiger partial charge in [0.15, 0.2) is 0 Å². The third kappa shape index (κ3) is 13.8. The number of rotatable bonds is 19. The van der Waals surface area contributed by atoms with Crippen molar-refractivity contribution >= 4 is 48.1 Å². The molecule has 0 bridgehead atoms. The Hall–Kier alpha value is -2.95. The first-order valence-corrected chi connectivity index (χ1v) is 14.4. The number of carboxylic acid groups (broad SMARTS) is 1. The Bertz CT molecular complexity index is 934. The third-order valence-electron chi connectivity index (χ3n) is 6.08. The van der Waals surface area contributed by atoms with Gasteiger partial charge in [0.2, 0.25) is 29.5 Å². The maximum Gasteiger partial charge on any atom is 0.326 e. The van der Waals surface area contributed by atoms with Crippen LogP contribution >= 0.6 is 12.6 Å². The van der Waals surface area contributed by atoms with Crippen LogP contribution in [0.15, 0.2) is 0 Å². The lowest BCUT2D eigenvalue weighted by atomic mass is 10.00. The molecule has 42 heavy (non-hydrogen) atoms. The molecule has 0 radical (unpaired) electrons. The fraction of sp³-hybridized carbons (Fsp3) is 0.769. The van der Waals surface area contributed by atoms with Gasteiger partial charge >= 0.3 is 5.97 Å². The Labute approximate surface area is 251 Å². The van der Waals surface area contributed by atoms with Gasteiger partial charge in [-0.25, -0.2) is 4.79 Å². The zero-order valence-electron chi connectivity index (χ0n) is 25.0. The number of aliphatic hydroxyl groups excluding tert-OH is 2. The molecular weight excluding hydrogens is 572 g/mol. The van der Waals surface area contributed by atoms with E-state index in [1.807, 2.05) is 13.8 Å². The number of hydrogen-bond acceptors (Lipinski definition) is 10. The highest BCUT2D eigenvalue weighted by atomic mass is 32.1. The Morgan fingerprint density at radius 3 is 1.40 bits per heavy atom. The predicted molar refractivity (Wildman–Crippen MR) is 157 cm³/mol. The van der Waals surface area contributed by atoms with Crippen molar-refractivity contribution in [3.63, 3.8) is 0 Å². The zero-order chi connectivity index (χ0) is 32.7. The molecule has 0 aliphatic rings. The number of hydrogen-bond donors (Lipinski definition) is 10. The number of nitrogens with one attached hydrogen (secondary N) is 5. The molecule has 5 amide bonds. The zero-order valence-corrected chi connectivity index (χ0v) is 25.9. The molecule has 0 aliphatic heterocycles. The van der Waals surface area contributed by atoms with E-state index in [1.54, 1.807) is 27.7 Å². The maximum absolute atomic E-state index is 12.9. The number of thiol groups is 1. The number of carbonyl (C=O) groups excluding carboxylic acids is 5. The van der Waals surface area contributed by atoms with Gasteiger partial charge in [-0.15, -0.1) is 0 Å². The van der Waals surface area contributed by atoms with Crippen LogP contribution in [0.5, 0.6) is 0 Å². The summed E-state index contributed by atoms with van der Waals surface area (Å²) in [7, 11) is 0. The lowest BCUT2D eigenvalue weighted by molar-refractivity contribution is -0.143. The van der Waals surface area contributed by atoms with E-state index in [0.717, 1.165) is 0 Å². The Kier molecular flexibility index (Phi) is 17.9. The first kappa shape index (κ1) is 39.0. The quantitative estimate of drug-likeness (QED) is 0.0679. The van der Waals surface area contributed by atoms with Crippen LogP contribution in [0.2, 0.25) is 0 Å². The van der Waals surface area contributed by atoms with Gasteiger partial charge in [-0.2, -0.15) is 12.6 Å². The van der Waals surface area contributed by atoms with E-state index in [-0.39, 0.29) is 24.0 Å². The molecule has 242 valence electrons. The van der Waals surface area contributed by atoms with Crippen molar-refractivity contribution in [2.24, 2.45) is 23.5 Å². The van der Waals surface area contributed by atoms with Crippen LogP contribution in [0, 0.1) is 17.8 Å². The second-order valence-corrected chi connectivity index (χ2v) is 11.6. The number of nitrogens with two attached hydrogens (primary N) is 1. The fourth-order valence-corrected chi connectivity index (χ4v) is 4.02. The van der Waals surface area contributed by atoms with Crippen molar-refractivity contribution in [3.8, 4) is 0 Å². The molecule has 0 aromatic heterocycles. The summed E-state index contributed by atoms with van der Waals surface area (Å²) < 4.78 is 0. The van der Waals surface area contributed by atoms with Gasteiger partial charge in [-0.1, -0.05) is 41.5 Å². The smallest absolute Gasteiger partial charge is 0.326 e.